The van der Waals surface area contributed by atoms with Crippen LogP contribution in [0.5, 0.6) is 0 Å². The molecular weight excluding hydrogens is 474 g/mol. The SMILES string of the molecule is Cc1ccc(-c2csc(NC(=O)CSc3nnc(-c4ccccc4)n3-c3ccc(C)cc3)n2)cc1. The van der Waals surface area contributed by atoms with Gasteiger partial charge in [0.15, 0.2) is 16.1 Å². The molecule has 6 nitrogen and oxygen atoms in total. The number of anilines is 1. The molecule has 5 rings (SSSR count). The maximum absolute atomic E-state index is 12.7. The molecule has 0 bridgehead atoms. The van der Waals surface area contributed by atoms with Crippen LogP contribution in [0.3, 0.4) is 0 Å². The van der Waals surface area contributed by atoms with Crippen LogP contribution < -0.4 is 5.32 Å². The third kappa shape index (κ3) is 5.34. The number of benzene rings is 3. The second-order valence-corrected chi connectivity index (χ2v) is 9.88. The lowest BCUT2D eigenvalue weighted by Crippen LogP contribution is -2.14. The Bertz CT molecular complexity index is 1440. The molecule has 0 aliphatic carbocycles. The molecular formula is C27H23N5OS2. The fourth-order valence-corrected chi connectivity index (χ4v) is 5.03. The largest absolute Gasteiger partial charge is 0.301 e. The number of thioether (sulfide) groups is 1. The molecule has 8 heteroatoms. The lowest BCUT2D eigenvalue weighted by atomic mass is 10.1. The van der Waals surface area contributed by atoms with Crippen molar-refractivity contribution in [1.82, 2.24) is 19.7 Å². The van der Waals surface area contributed by atoms with Crippen LogP contribution in [-0.4, -0.2) is 31.4 Å². The van der Waals surface area contributed by atoms with Crippen molar-refractivity contribution in [3.05, 3.63) is 95.4 Å². The molecule has 0 radical (unpaired) electrons. The molecule has 2 heterocycles. The van der Waals surface area contributed by atoms with Gasteiger partial charge < -0.3 is 5.32 Å². The number of thiazole rings is 1. The summed E-state index contributed by atoms with van der Waals surface area (Å²) in [5, 5.41) is 14.9. The quantitative estimate of drug-likeness (QED) is 0.263. The van der Waals surface area contributed by atoms with E-state index < -0.39 is 0 Å². The van der Waals surface area contributed by atoms with Gasteiger partial charge in [0.1, 0.15) is 0 Å². The summed E-state index contributed by atoms with van der Waals surface area (Å²) in [4.78, 5) is 17.3. The summed E-state index contributed by atoms with van der Waals surface area (Å²) >= 11 is 2.76. The molecule has 0 aliphatic heterocycles. The number of rotatable bonds is 7. The van der Waals surface area contributed by atoms with E-state index in [1.807, 2.05) is 64.5 Å². The van der Waals surface area contributed by atoms with Crippen LogP contribution in [0.15, 0.2) is 89.4 Å². The van der Waals surface area contributed by atoms with Crippen molar-refractivity contribution in [3.63, 3.8) is 0 Å². The molecule has 2 aromatic heterocycles. The van der Waals surface area contributed by atoms with E-state index in [9.17, 15) is 4.79 Å². The van der Waals surface area contributed by atoms with Gasteiger partial charge in [0.05, 0.1) is 11.4 Å². The van der Waals surface area contributed by atoms with E-state index in [-0.39, 0.29) is 11.7 Å². The van der Waals surface area contributed by atoms with Gasteiger partial charge in [-0.05, 0) is 26.0 Å². The van der Waals surface area contributed by atoms with Crippen LogP contribution >= 0.6 is 23.1 Å². The van der Waals surface area contributed by atoms with Gasteiger partial charge in [-0.25, -0.2) is 4.98 Å². The molecule has 0 atom stereocenters. The van der Waals surface area contributed by atoms with Gasteiger partial charge in [0.2, 0.25) is 5.91 Å². The highest BCUT2D eigenvalue weighted by Gasteiger charge is 2.18. The van der Waals surface area contributed by atoms with E-state index in [1.54, 1.807) is 0 Å². The van der Waals surface area contributed by atoms with Crippen molar-refractivity contribution in [3.8, 4) is 28.3 Å². The predicted molar refractivity (Wildman–Crippen MR) is 143 cm³/mol. The van der Waals surface area contributed by atoms with Crippen LogP contribution in [0.1, 0.15) is 11.1 Å². The minimum absolute atomic E-state index is 0.139. The number of amides is 1. The Labute approximate surface area is 212 Å². The fourth-order valence-electron chi connectivity index (χ4n) is 3.54. The van der Waals surface area contributed by atoms with Gasteiger partial charge in [-0.2, -0.15) is 0 Å². The van der Waals surface area contributed by atoms with Gasteiger partial charge in [-0.15, -0.1) is 21.5 Å². The molecule has 0 saturated carbocycles. The van der Waals surface area contributed by atoms with Crippen LogP contribution in [0.4, 0.5) is 5.13 Å². The van der Waals surface area contributed by atoms with Gasteiger partial charge >= 0.3 is 0 Å². The van der Waals surface area contributed by atoms with Crippen LogP contribution in [0.25, 0.3) is 28.3 Å². The maximum Gasteiger partial charge on any atom is 0.236 e. The molecule has 0 spiro atoms. The zero-order valence-corrected chi connectivity index (χ0v) is 20.9. The number of aryl methyl sites for hydroxylation is 2. The summed E-state index contributed by atoms with van der Waals surface area (Å²) in [6.07, 6.45) is 0. The Balaban J connectivity index is 1.32. The van der Waals surface area contributed by atoms with E-state index in [4.69, 9.17) is 0 Å². The molecule has 35 heavy (non-hydrogen) atoms. The number of carbonyl (C=O) groups is 1. The highest BCUT2D eigenvalue weighted by Crippen LogP contribution is 2.29. The van der Waals surface area contributed by atoms with Crippen molar-refractivity contribution in [2.45, 2.75) is 19.0 Å². The van der Waals surface area contributed by atoms with Crippen molar-refractivity contribution >= 4 is 34.1 Å². The highest BCUT2D eigenvalue weighted by atomic mass is 32.2. The van der Waals surface area contributed by atoms with Crippen molar-refractivity contribution in [2.75, 3.05) is 11.1 Å². The van der Waals surface area contributed by atoms with Gasteiger partial charge in [-0.1, -0.05) is 89.6 Å². The minimum atomic E-state index is -0.139. The predicted octanol–water partition coefficient (Wildman–Crippen LogP) is 6.41. The standard InChI is InChI=1S/C27H23N5OS2/c1-18-8-12-20(13-9-18)23-16-34-26(28-23)29-24(33)17-35-27-31-30-25(21-6-4-3-5-7-21)32(27)22-14-10-19(2)11-15-22/h3-16H,17H2,1-2H3,(H,28,29,33). The molecule has 174 valence electrons. The first-order valence-corrected chi connectivity index (χ1v) is 13.0. The smallest absolute Gasteiger partial charge is 0.236 e. The molecule has 5 aromatic rings. The highest BCUT2D eigenvalue weighted by molar-refractivity contribution is 7.99. The number of nitrogens with zero attached hydrogens (tertiary/aromatic N) is 4. The lowest BCUT2D eigenvalue weighted by molar-refractivity contribution is -0.113. The summed E-state index contributed by atoms with van der Waals surface area (Å²) in [6, 6.07) is 26.3. The third-order valence-electron chi connectivity index (χ3n) is 5.39. The summed E-state index contributed by atoms with van der Waals surface area (Å²) in [7, 11) is 0. The van der Waals surface area contributed by atoms with Crippen LogP contribution in [0.2, 0.25) is 0 Å². The Hall–Kier alpha value is -3.75. The van der Waals surface area contributed by atoms with Crippen LogP contribution in [-0.2, 0) is 4.79 Å². The zero-order valence-electron chi connectivity index (χ0n) is 19.3. The first kappa shape index (κ1) is 23.0. The number of carbonyl (C=O) groups excluding carboxylic acids is 1. The van der Waals surface area contributed by atoms with E-state index in [0.717, 1.165) is 28.3 Å². The topological polar surface area (TPSA) is 72.7 Å². The van der Waals surface area contributed by atoms with E-state index in [2.05, 4.69) is 58.6 Å². The normalized spacial score (nSPS) is 10.9. The Morgan fingerprint density at radius 3 is 2.29 bits per heavy atom. The second-order valence-electron chi connectivity index (χ2n) is 8.08. The molecule has 0 fully saturated rings. The number of nitrogens with one attached hydrogen (secondary N) is 1. The number of aromatic nitrogens is 4. The number of hydrogen-bond donors (Lipinski definition) is 1. The van der Waals surface area contributed by atoms with E-state index in [1.165, 1.54) is 34.2 Å². The summed E-state index contributed by atoms with van der Waals surface area (Å²) < 4.78 is 1.99. The summed E-state index contributed by atoms with van der Waals surface area (Å²) in [5.41, 5.74) is 6.16. The lowest BCUT2D eigenvalue weighted by Gasteiger charge is -2.10. The first-order valence-electron chi connectivity index (χ1n) is 11.1. The Morgan fingerprint density at radius 1 is 0.886 bits per heavy atom. The van der Waals surface area contributed by atoms with Gasteiger partial charge in [0, 0.05) is 22.2 Å². The second kappa shape index (κ2) is 10.2. The Morgan fingerprint density at radius 2 is 1.57 bits per heavy atom. The summed E-state index contributed by atoms with van der Waals surface area (Å²) in [5.74, 6) is 0.789. The van der Waals surface area contributed by atoms with Crippen LogP contribution in [0, 0.1) is 13.8 Å². The van der Waals surface area contributed by atoms with E-state index >= 15 is 0 Å². The molecule has 0 unspecified atom stereocenters. The number of hydrogen-bond acceptors (Lipinski definition) is 6. The first-order chi connectivity index (χ1) is 17.1. The van der Waals surface area contributed by atoms with E-state index in [0.29, 0.717) is 10.3 Å². The van der Waals surface area contributed by atoms with Gasteiger partial charge in [-0.3, -0.25) is 9.36 Å². The average Bonchev–Trinajstić information content (AvgIpc) is 3.52. The summed E-state index contributed by atoms with van der Waals surface area (Å²) in [6.45, 7) is 4.10. The molecule has 1 amide bonds. The Kier molecular flexibility index (Phi) is 6.74. The molecule has 3 aromatic carbocycles. The van der Waals surface area contributed by atoms with Gasteiger partial charge in [0.25, 0.3) is 0 Å². The average molecular weight is 498 g/mol. The van der Waals surface area contributed by atoms with Crippen molar-refractivity contribution in [1.29, 1.82) is 0 Å². The van der Waals surface area contributed by atoms with Crippen molar-refractivity contribution in [2.24, 2.45) is 0 Å². The monoisotopic (exact) mass is 497 g/mol. The molecule has 0 saturated heterocycles. The van der Waals surface area contributed by atoms with Crippen molar-refractivity contribution < 1.29 is 4.79 Å². The third-order valence-corrected chi connectivity index (χ3v) is 7.07. The molecule has 1 N–H and O–H groups in total. The zero-order chi connectivity index (χ0) is 24.2. The fraction of sp³-hybridized carbons (Fsp3) is 0.111. The molecule has 0 aliphatic rings. The minimum Gasteiger partial charge on any atom is -0.301 e. The maximum atomic E-state index is 12.7.